The van der Waals surface area contributed by atoms with Crippen LogP contribution in [0.5, 0.6) is 5.75 Å². The lowest BCUT2D eigenvalue weighted by molar-refractivity contribution is 0.0694. The molecular formula is C24H21FN2O6. The molecule has 9 heteroatoms. The molecule has 2 heterocycles. The maximum Gasteiger partial charge on any atom is 0.407 e. The summed E-state index contributed by atoms with van der Waals surface area (Å²) in [5.41, 5.74) is 0.331. The number of nitrogens with one attached hydrogen (secondary N) is 1. The van der Waals surface area contributed by atoms with Crippen molar-refractivity contribution >= 4 is 23.0 Å². The molecule has 1 aliphatic heterocycles. The molecule has 0 bridgehead atoms. The molecule has 0 radical (unpaired) electrons. The monoisotopic (exact) mass is 452 g/mol. The molecule has 170 valence electrons. The Balaban J connectivity index is 1.43. The third kappa shape index (κ3) is 3.69. The maximum absolute atomic E-state index is 15.2. The average molecular weight is 452 g/mol. The van der Waals surface area contributed by atoms with Crippen molar-refractivity contribution in [1.29, 1.82) is 0 Å². The highest BCUT2D eigenvalue weighted by atomic mass is 19.1. The summed E-state index contributed by atoms with van der Waals surface area (Å²) in [7, 11) is 0. The number of nitrogens with zero attached hydrogens (tertiary/aromatic N) is 1. The van der Waals surface area contributed by atoms with Crippen LogP contribution >= 0.6 is 0 Å². The number of aromatic nitrogens is 1. The fourth-order valence-electron chi connectivity index (χ4n) is 4.33. The molecule has 2 aromatic carbocycles. The Morgan fingerprint density at radius 3 is 2.79 bits per heavy atom. The second-order valence-corrected chi connectivity index (χ2v) is 8.40. The number of pyridine rings is 1. The van der Waals surface area contributed by atoms with Crippen molar-refractivity contribution in [2.24, 2.45) is 0 Å². The quantitative estimate of drug-likeness (QED) is 0.613. The molecule has 5 rings (SSSR count). The molecule has 3 atom stereocenters. The molecule has 0 spiro atoms. The number of rotatable bonds is 5. The van der Waals surface area contributed by atoms with Crippen LogP contribution in [0.15, 0.2) is 47.4 Å². The molecule has 1 saturated carbocycles. The Bertz CT molecular complexity index is 1340. The number of alkyl carbamates (subject to hydrolysis) is 1. The Morgan fingerprint density at radius 1 is 1.30 bits per heavy atom. The Labute approximate surface area is 187 Å². The van der Waals surface area contributed by atoms with E-state index in [0.29, 0.717) is 11.9 Å². The van der Waals surface area contributed by atoms with Gasteiger partial charge in [-0.3, -0.25) is 4.79 Å². The highest BCUT2D eigenvalue weighted by Crippen LogP contribution is 2.49. The normalized spacial score (nSPS) is 20.7. The maximum atomic E-state index is 15.2. The van der Waals surface area contributed by atoms with Crippen LogP contribution < -0.4 is 15.5 Å². The summed E-state index contributed by atoms with van der Waals surface area (Å²) >= 11 is 0. The van der Waals surface area contributed by atoms with Gasteiger partial charge in [-0.25, -0.2) is 14.0 Å². The van der Waals surface area contributed by atoms with E-state index in [4.69, 9.17) is 9.47 Å². The number of carboxylic acid groups (broad SMARTS) is 1. The minimum absolute atomic E-state index is 0.0369. The fourth-order valence-corrected chi connectivity index (χ4v) is 4.33. The fraction of sp³-hybridized carbons (Fsp3) is 0.292. The smallest absolute Gasteiger partial charge is 0.407 e. The summed E-state index contributed by atoms with van der Waals surface area (Å²) in [5.74, 6) is -2.14. The first-order chi connectivity index (χ1) is 15.8. The molecule has 1 amide bonds. The lowest BCUT2D eigenvalue weighted by Crippen LogP contribution is -2.29. The number of hydrogen-bond donors (Lipinski definition) is 2. The average Bonchev–Trinajstić information content (AvgIpc) is 3.54. The topological polar surface area (TPSA) is 107 Å². The number of benzene rings is 2. The molecule has 33 heavy (non-hydrogen) atoms. The van der Waals surface area contributed by atoms with E-state index in [2.05, 4.69) is 5.32 Å². The van der Waals surface area contributed by atoms with Crippen molar-refractivity contribution in [2.45, 2.75) is 38.0 Å². The van der Waals surface area contributed by atoms with E-state index in [1.807, 2.05) is 37.3 Å². The van der Waals surface area contributed by atoms with E-state index in [0.717, 1.165) is 11.6 Å². The summed E-state index contributed by atoms with van der Waals surface area (Å²) in [6.45, 7) is 2.15. The van der Waals surface area contributed by atoms with Gasteiger partial charge < -0.3 is 24.5 Å². The van der Waals surface area contributed by atoms with E-state index >= 15 is 4.39 Å². The van der Waals surface area contributed by atoms with Gasteiger partial charge in [0.15, 0.2) is 0 Å². The van der Waals surface area contributed by atoms with E-state index in [1.54, 1.807) is 4.57 Å². The number of hydrogen-bond acceptors (Lipinski definition) is 5. The van der Waals surface area contributed by atoms with Crippen molar-refractivity contribution < 1.29 is 28.6 Å². The van der Waals surface area contributed by atoms with Gasteiger partial charge in [-0.15, -0.1) is 0 Å². The second kappa shape index (κ2) is 7.91. The molecule has 2 N–H and O–H groups in total. The Kier molecular flexibility index (Phi) is 5.03. The summed E-state index contributed by atoms with van der Waals surface area (Å²) in [5, 5.41) is 12.1. The second-order valence-electron chi connectivity index (χ2n) is 8.40. The first-order valence-corrected chi connectivity index (χ1v) is 10.6. The van der Waals surface area contributed by atoms with Crippen molar-refractivity contribution in [2.75, 3.05) is 6.61 Å². The van der Waals surface area contributed by atoms with Gasteiger partial charge >= 0.3 is 12.1 Å². The number of amides is 1. The van der Waals surface area contributed by atoms with Gasteiger partial charge in [-0.05, 0) is 25.0 Å². The third-order valence-corrected chi connectivity index (χ3v) is 6.11. The number of carboxylic acids is 1. The number of halogens is 1. The van der Waals surface area contributed by atoms with Gasteiger partial charge in [0.2, 0.25) is 5.43 Å². The summed E-state index contributed by atoms with van der Waals surface area (Å²) in [6.07, 6.45) is 1.18. The van der Waals surface area contributed by atoms with Crippen molar-refractivity contribution in [3.8, 4) is 5.75 Å². The van der Waals surface area contributed by atoms with Crippen LogP contribution in [-0.2, 0) is 11.3 Å². The van der Waals surface area contributed by atoms with Crippen LogP contribution in [-0.4, -0.2) is 34.4 Å². The molecule has 0 saturated heterocycles. The minimum Gasteiger partial charge on any atom is -0.489 e. The zero-order chi connectivity index (χ0) is 23.3. The third-order valence-electron chi connectivity index (χ3n) is 6.11. The molecule has 8 nitrogen and oxygen atoms in total. The standard InChI is InChI=1S/C24H21FN2O6/c1-12-10-32-22-19(14-8-18(14)26-24(31)33-11-13-5-3-2-4-6-13)17(25)7-15-20(22)27(12)9-16(21(15)28)23(29)30/h2-7,9,12,14,18H,8,10-11H2,1H3,(H,26,31)(H,29,30)/t12-,14?,18?/m0/s1. The predicted molar refractivity (Wildman–Crippen MR) is 116 cm³/mol. The van der Waals surface area contributed by atoms with Gasteiger partial charge in [0.1, 0.15) is 30.3 Å². The molecular weight excluding hydrogens is 431 g/mol. The zero-order valence-corrected chi connectivity index (χ0v) is 17.7. The van der Waals surface area contributed by atoms with Crippen LogP contribution in [0, 0.1) is 5.82 Å². The molecule has 1 fully saturated rings. The number of aromatic carboxylic acids is 1. The minimum atomic E-state index is -1.36. The van der Waals surface area contributed by atoms with Gasteiger partial charge in [0.05, 0.1) is 16.9 Å². The van der Waals surface area contributed by atoms with Crippen molar-refractivity contribution in [3.05, 3.63) is 75.3 Å². The lowest BCUT2D eigenvalue weighted by Gasteiger charge is -2.28. The van der Waals surface area contributed by atoms with E-state index < -0.39 is 28.9 Å². The van der Waals surface area contributed by atoms with E-state index in [1.165, 1.54) is 6.20 Å². The van der Waals surface area contributed by atoms with E-state index in [-0.39, 0.29) is 47.9 Å². The number of carbonyl (C=O) groups excluding carboxylic acids is 1. The highest BCUT2D eigenvalue weighted by Gasteiger charge is 2.45. The van der Waals surface area contributed by atoms with Crippen LogP contribution in [0.3, 0.4) is 0 Å². The zero-order valence-electron chi connectivity index (χ0n) is 17.7. The van der Waals surface area contributed by atoms with Crippen LogP contribution in [0.25, 0.3) is 10.9 Å². The molecule has 1 aromatic heterocycles. The lowest BCUT2D eigenvalue weighted by atomic mass is 10.0. The summed E-state index contributed by atoms with van der Waals surface area (Å²) < 4.78 is 27.9. The first-order valence-electron chi connectivity index (χ1n) is 10.6. The van der Waals surface area contributed by atoms with Gasteiger partial charge in [-0.1, -0.05) is 30.3 Å². The molecule has 1 aliphatic carbocycles. The van der Waals surface area contributed by atoms with Crippen molar-refractivity contribution in [3.63, 3.8) is 0 Å². The van der Waals surface area contributed by atoms with Gasteiger partial charge in [0, 0.05) is 23.7 Å². The molecule has 3 aromatic rings. The summed E-state index contributed by atoms with van der Waals surface area (Å²) in [4.78, 5) is 36.4. The molecule has 2 unspecified atom stereocenters. The SMILES string of the molecule is C[C@H]1COc2c(C3CC3NC(=O)OCc3ccccc3)c(F)cc3c(=O)c(C(=O)O)cn1c23. The van der Waals surface area contributed by atoms with E-state index in [9.17, 15) is 19.5 Å². The highest BCUT2D eigenvalue weighted by molar-refractivity contribution is 5.95. The first kappa shape index (κ1) is 21.0. The Morgan fingerprint density at radius 2 is 2.06 bits per heavy atom. The number of ether oxygens (including phenoxy) is 2. The number of carbonyl (C=O) groups is 2. The van der Waals surface area contributed by atoms with Crippen LogP contribution in [0.2, 0.25) is 0 Å². The van der Waals surface area contributed by atoms with Gasteiger partial charge in [0.25, 0.3) is 0 Å². The van der Waals surface area contributed by atoms with Crippen LogP contribution in [0.1, 0.15) is 46.8 Å². The van der Waals surface area contributed by atoms with Crippen molar-refractivity contribution in [1.82, 2.24) is 9.88 Å². The summed E-state index contributed by atoms with van der Waals surface area (Å²) in [6, 6.07) is 9.75. The Hall–Kier alpha value is -3.88. The largest absolute Gasteiger partial charge is 0.489 e. The van der Waals surface area contributed by atoms with Gasteiger partial charge in [-0.2, -0.15) is 0 Å². The molecule has 2 aliphatic rings. The predicted octanol–water partition coefficient (Wildman–Crippen LogP) is 3.57. The van der Waals surface area contributed by atoms with Crippen LogP contribution in [0.4, 0.5) is 9.18 Å².